The van der Waals surface area contributed by atoms with Gasteiger partial charge in [-0.15, -0.1) is 0 Å². The summed E-state index contributed by atoms with van der Waals surface area (Å²) < 4.78 is 16.6. The first kappa shape index (κ1) is 22.5. The molecule has 0 aromatic heterocycles. The molecule has 0 spiro atoms. The van der Waals surface area contributed by atoms with Crippen LogP contribution in [-0.2, 0) is 14.3 Å². The molecule has 0 saturated heterocycles. The molecule has 5 rings (SSSR count). The van der Waals surface area contributed by atoms with Crippen LogP contribution in [0.4, 0.5) is 0 Å². The van der Waals surface area contributed by atoms with Crippen LogP contribution in [0.2, 0.25) is 5.02 Å². The van der Waals surface area contributed by atoms with Gasteiger partial charge in [-0.05, 0) is 50.3 Å². The fourth-order valence-electron chi connectivity index (χ4n) is 5.01. The van der Waals surface area contributed by atoms with E-state index < -0.39 is 11.9 Å². The number of ketones is 1. The molecule has 6 nitrogen and oxygen atoms in total. The first-order valence-electron chi connectivity index (χ1n) is 11.4. The lowest BCUT2D eigenvalue weighted by Crippen LogP contribution is -2.36. The number of hydrogen-bond acceptors (Lipinski definition) is 6. The van der Waals surface area contributed by atoms with Gasteiger partial charge < -0.3 is 19.5 Å². The van der Waals surface area contributed by atoms with Gasteiger partial charge in [-0.3, -0.25) is 4.79 Å². The SMILES string of the molecule is CC1=C(C(=O)OC(C)C)[C@@H](c2cc3c(cc2Cl)OCO3)C2=C(C[C@H](c3ccccc3)CC2=O)N1. The maximum absolute atomic E-state index is 13.7. The van der Waals surface area contributed by atoms with Gasteiger partial charge in [0.05, 0.1) is 11.7 Å². The molecule has 3 aliphatic rings. The van der Waals surface area contributed by atoms with Crippen LogP contribution in [0.3, 0.4) is 0 Å². The number of hydrogen-bond donors (Lipinski definition) is 1. The van der Waals surface area contributed by atoms with E-state index >= 15 is 0 Å². The van der Waals surface area contributed by atoms with Crippen molar-refractivity contribution in [1.29, 1.82) is 0 Å². The highest BCUT2D eigenvalue weighted by molar-refractivity contribution is 6.32. The zero-order chi connectivity index (χ0) is 24.0. The first-order valence-corrected chi connectivity index (χ1v) is 11.8. The van der Waals surface area contributed by atoms with Crippen LogP contribution >= 0.6 is 11.6 Å². The smallest absolute Gasteiger partial charge is 0.337 e. The highest BCUT2D eigenvalue weighted by Crippen LogP contribution is 2.49. The first-order chi connectivity index (χ1) is 16.3. The van der Waals surface area contributed by atoms with Crippen molar-refractivity contribution in [2.24, 2.45) is 0 Å². The average molecular weight is 480 g/mol. The van der Waals surface area contributed by atoms with Crippen molar-refractivity contribution in [2.45, 2.75) is 51.6 Å². The van der Waals surface area contributed by atoms with Gasteiger partial charge in [0, 0.05) is 40.4 Å². The summed E-state index contributed by atoms with van der Waals surface area (Å²) in [6.45, 7) is 5.54. The molecule has 34 heavy (non-hydrogen) atoms. The molecule has 0 saturated carbocycles. The minimum Gasteiger partial charge on any atom is -0.460 e. The average Bonchev–Trinajstić information content (AvgIpc) is 3.24. The third-order valence-corrected chi connectivity index (χ3v) is 6.79. The Hall–Kier alpha value is -3.25. The van der Waals surface area contributed by atoms with E-state index in [-0.39, 0.29) is 24.6 Å². The number of nitrogens with one attached hydrogen (secondary N) is 1. The number of halogens is 1. The second-order valence-corrected chi connectivity index (χ2v) is 9.52. The van der Waals surface area contributed by atoms with Gasteiger partial charge in [0.1, 0.15) is 0 Å². The van der Waals surface area contributed by atoms with Crippen LogP contribution in [-0.4, -0.2) is 24.6 Å². The molecule has 7 heteroatoms. The Morgan fingerprint density at radius 1 is 1.12 bits per heavy atom. The van der Waals surface area contributed by atoms with Crippen LogP contribution in [0.5, 0.6) is 11.5 Å². The van der Waals surface area contributed by atoms with Crippen LogP contribution in [0.25, 0.3) is 0 Å². The standard InChI is InChI=1S/C27H26ClNO5/c1-14(2)34-27(31)24-15(3)29-20-9-17(16-7-5-4-6-8-16)10-21(30)26(20)25(24)18-11-22-23(12-19(18)28)33-13-32-22/h4-8,11-12,14,17,25,29H,9-10,13H2,1-3H3/t17-,25+/m0/s1. The largest absolute Gasteiger partial charge is 0.460 e. The predicted octanol–water partition coefficient (Wildman–Crippen LogP) is 5.38. The van der Waals surface area contributed by atoms with E-state index in [4.69, 9.17) is 25.8 Å². The van der Waals surface area contributed by atoms with E-state index in [2.05, 4.69) is 5.32 Å². The molecule has 0 unspecified atom stereocenters. The summed E-state index contributed by atoms with van der Waals surface area (Å²) in [6, 6.07) is 13.5. The summed E-state index contributed by atoms with van der Waals surface area (Å²) in [5, 5.41) is 3.77. The van der Waals surface area contributed by atoms with Crippen LogP contribution in [0.15, 0.2) is 65.0 Å². The Kier molecular flexibility index (Phi) is 5.86. The number of dihydropyridines is 1. The number of fused-ring (bicyclic) bond motifs is 1. The molecule has 0 fully saturated rings. The molecule has 2 aromatic rings. The lowest BCUT2D eigenvalue weighted by molar-refractivity contribution is -0.143. The molecule has 0 radical (unpaired) electrons. The number of Topliss-reactive ketones (excluding diaryl/α,β-unsaturated/α-hetero) is 1. The quantitative estimate of drug-likeness (QED) is 0.593. The number of carbonyl (C=O) groups excluding carboxylic acids is 2. The molecule has 176 valence electrons. The molecular weight excluding hydrogens is 454 g/mol. The summed E-state index contributed by atoms with van der Waals surface area (Å²) in [5.41, 5.74) is 4.18. The lowest BCUT2D eigenvalue weighted by Gasteiger charge is -2.37. The molecule has 1 N–H and O–H groups in total. The number of carbonyl (C=O) groups is 2. The molecule has 2 heterocycles. The second-order valence-electron chi connectivity index (χ2n) is 9.11. The molecule has 2 aliphatic heterocycles. The molecule has 0 amide bonds. The normalized spacial score (nSPS) is 21.5. The number of benzene rings is 2. The summed E-state index contributed by atoms with van der Waals surface area (Å²) in [5.74, 6) is 0.00760. The van der Waals surface area contributed by atoms with Gasteiger partial charge in [-0.2, -0.15) is 0 Å². The Labute approximate surface area is 203 Å². The van der Waals surface area contributed by atoms with Gasteiger partial charge in [0.25, 0.3) is 0 Å². The Balaban J connectivity index is 1.64. The Morgan fingerprint density at radius 3 is 2.53 bits per heavy atom. The predicted molar refractivity (Wildman–Crippen MR) is 128 cm³/mol. The van der Waals surface area contributed by atoms with Crippen LogP contribution in [0.1, 0.15) is 56.6 Å². The van der Waals surface area contributed by atoms with Gasteiger partial charge >= 0.3 is 5.97 Å². The maximum Gasteiger partial charge on any atom is 0.337 e. The van der Waals surface area contributed by atoms with Crippen LogP contribution < -0.4 is 14.8 Å². The van der Waals surface area contributed by atoms with E-state index in [0.717, 1.165) is 11.3 Å². The summed E-state index contributed by atoms with van der Waals surface area (Å²) >= 11 is 6.70. The molecule has 0 bridgehead atoms. The number of esters is 1. The number of ether oxygens (including phenoxy) is 3. The molecular formula is C27H26ClNO5. The van der Waals surface area contributed by atoms with Crippen molar-refractivity contribution in [3.8, 4) is 11.5 Å². The van der Waals surface area contributed by atoms with E-state index in [1.807, 2.05) is 37.3 Å². The summed E-state index contributed by atoms with van der Waals surface area (Å²) in [4.78, 5) is 26.9. The van der Waals surface area contributed by atoms with Gasteiger partial charge in [0.15, 0.2) is 17.3 Å². The van der Waals surface area contributed by atoms with Crippen LogP contribution in [0, 0.1) is 0 Å². The van der Waals surface area contributed by atoms with Crippen molar-refractivity contribution in [3.63, 3.8) is 0 Å². The fraction of sp³-hybridized carbons (Fsp3) is 0.333. The van der Waals surface area contributed by atoms with Crippen molar-refractivity contribution in [3.05, 3.63) is 81.2 Å². The van der Waals surface area contributed by atoms with E-state index in [1.165, 1.54) is 0 Å². The minimum atomic E-state index is -0.659. The topological polar surface area (TPSA) is 73.9 Å². The Morgan fingerprint density at radius 2 is 1.82 bits per heavy atom. The second kappa shape index (κ2) is 8.84. The van der Waals surface area contributed by atoms with Crippen molar-refractivity contribution in [1.82, 2.24) is 5.32 Å². The number of allylic oxidation sites excluding steroid dienone is 3. The molecule has 2 atom stereocenters. The molecule has 1 aliphatic carbocycles. The van der Waals surface area contributed by atoms with Crippen molar-refractivity contribution in [2.75, 3.05) is 6.79 Å². The zero-order valence-corrected chi connectivity index (χ0v) is 20.1. The van der Waals surface area contributed by atoms with Gasteiger partial charge in [-0.25, -0.2) is 4.79 Å². The fourth-order valence-corrected chi connectivity index (χ4v) is 5.28. The maximum atomic E-state index is 13.7. The van der Waals surface area contributed by atoms with E-state index in [0.29, 0.717) is 51.8 Å². The molecule has 2 aromatic carbocycles. The Bertz CT molecular complexity index is 1230. The minimum absolute atomic E-state index is 0.0105. The highest BCUT2D eigenvalue weighted by Gasteiger charge is 2.42. The van der Waals surface area contributed by atoms with Crippen molar-refractivity contribution >= 4 is 23.4 Å². The summed E-state index contributed by atoms with van der Waals surface area (Å²) in [7, 11) is 0. The van der Waals surface area contributed by atoms with Gasteiger partial charge in [0.2, 0.25) is 6.79 Å². The third-order valence-electron chi connectivity index (χ3n) is 6.46. The zero-order valence-electron chi connectivity index (χ0n) is 19.3. The monoisotopic (exact) mass is 479 g/mol. The van der Waals surface area contributed by atoms with E-state index in [9.17, 15) is 9.59 Å². The number of rotatable bonds is 4. The van der Waals surface area contributed by atoms with Crippen molar-refractivity contribution < 1.29 is 23.8 Å². The third kappa shape index (κ3) is 3.96. The lowest BCUT2D eigenvalue weighted by atomic mass is 9.71. The van der Waals surface area contributed by atoms with E-state index in [1.54, 1.807) is 26.0 Å². The summed E-state index contributed by atoms with van der Waals surface area (Å²) in [6.07, 6.45) is 0.711. The highest BCUT2D eigenvalue weighted by atomic mass is 35.5. The van der Waals surface area contributed by atoms with Gasteiger partial charge in [-0.1, -0.05) is 41.9 Å².